The summed E-state index contributed by atoms with van der Waals surface area (Å²) in [6, 6.07) is 0.286. The number of hydrogen-bond donors (Lipinski definition) is 0. The summed E-state index contributed by atoms with van der Waals surface area (Å²) >= 11 is 0. The zero-order chi connectivity index (χ0) is 12.6. The normalized spacial score (nSPS) is 25.4. The summed E-state index contributed by atoms with van der Waals surface area (Å²) in [4.78, 5) is 18.1. The molecule has 0 unspecified atom stereocenters. The van der Waals surface area contributed by atoms with Gasteiger partial charge < -0.3 is 9.74 Å². The molecular formula is C12H24N2O2. The molecule has 0 spiro atoms. The second-order valence-electron chi connectivity index (χ2n) is 5.93. The van der Waals surface area contributed by atoms with Crippen molar-refractivity contribution in [2.75, 3.05) is 14.2 Å². The minimum atomic E-state index is -0.0571. The van der Waals surface area contributed by atoms with E-state index in [2.05, 4.69) is 32.8 Å². The van der Waals surface area contributed by atoms with E-state index in [4.69, 9.17) is 4.84 Å². The third-order valence-electron chi connectivity index (χ3n) is 3.49. The van der Waals surface area contributed by atoms with Crippen molar-refractivity contribution in [3.8, 4) is 0 Å². The molecule has 16 heavy (non-hydrogen) atoms. The van der Waals surface area contributed by atoms with E-state index >= 15 is 0 Å². The lowest BCUT2D eigenvalue weighted by Crippen LogP contribution is -2.63. The molecule has 1 amide bonds. The van der Waals surface area contributed by atoms with E-state index < -0.39 is 0 Å². The molecule has 0 atom stereocenters. The molecular weight excluding hydrogens is 204 g/mol. The Bertz CT molecular complexity index is 246. The van der Waals surface area contributed by atoms with Crippen LogP contribution >= 0.6 is 0 Å². The van der Waals surface area contributed by atoms with Crippen molar-refractivity contribution in [3.05, 3.63) is 0 Å². The van der Waals surface area contributed by atoms with E-state index in [0.29, 0.717) is 0 Å². The maximum Gasteiger partial charge on any atom is 0.209 e. The first-order chi connectivity index (χ1) is 7.24. The molecule has 1 saturated heterocycles. The minimum Gasteiger partial charge on any atom is -0.345 e. The van der Waals surface area contributed by atoms with E-state index in [1.807, 2.05) is 7.05 Å². The molecule has 0 aliphatic carbocycles. The lowest BCUT2D eigenvalue weighted by molar-refractivity contribution is -0.270. The predicted octanol–water partition coefficient (Wildman–Crippen LogP) is 1.66. The maximum absolute atomic E-state index is 10.9. The molecule has 1 heterocycles. The fraction of sp³-hybridized carbons (Fsp3) is 0.917. The van der Waals surface area contributed by atoms with Crippen LogP contribution in [0.4, 0.5) is 0 Å². The van der Waals surface area contributed by atoms with Gasteiger partial charge in [0.05, 0.1) is 7.11 Å². The highest BCUT2D eigenvalue weighted by atomic mass is 16.7. The van der Waals surface area contributed by atoms with Gasteiger partial charge in [0.25, 0.3) is 0 Å². The number of hydrogen-bond acceptors (Lipinski definition) is 3. The Kier molecular flexibility index (Phi) is 3.65. The molecule has 0 aromatic heterocycles. The summed E-state index contributed by atoms with van der Waals surface area (Å²) in [6.07, 6.45) is 2.78. The van der Waals surface area contributed by atoms with Gasteiger partial charge in [-0.3, -0.25) is 4.79 Å². The summed E-state index contributed by atoms with van der Waals surface area (Å²) in [7, 11) is 3.57. The molecule has 0 N–H and O–H groups in total. The summed E-state index contributed by atoms with van der Waals surface area (Å²) in [5.41, 5.74) is -0.114. The highest BCUT2D eigenvalue weighted by molar-refractivity contribution is 5.47. The molecule has 4 nitrogen and oxygen atoms in total. The van der Waals surface area contributed by atoms with Crippen molar-refractivity contribution in [3.63, 3.8) is 0 Å². The summed E-state index contributed by atoms with van der Waals surface area (Å²) in [5.74, 6) is 0. The molecule has 1 fully saturated rings. The van der Waals surface area contributed by atoms with Crippen molar-refractivity contribution >= 4 is 6.41 Å². The van der Waals surface area contributed by atoms with E-state index in [9.17, 15) is 4.79 Å². The Morgan fingerprint density at radius 1 is 1.25 bits per heavy atom. The van der Waals surface area contributed by atoms with Crippen LogP contribution in [0.25, 0.3) is 0 Å². The monoisotopic (exact) mass is 228 g/mol. The molecule has 1 aliphatic heterocycles. The Morgan fingerprint density at radius 2 is 1.69 bits per heavy atom. The number of amides is 1. The topological polar surface area (TPSA) is 32.8 Å². The molecule has 0 saturated carbocycles. The van der Waals surface area contributed by atoms with Crippen molar-refractivity contribution < 1.29 is 9.63 Å². The maximum atomic E-state index is 10.9. The van der Waals surface area contributed by atoms with Gasteiger partial charge in [-0.05, 0) is 40.5 Å². The van der Waals surface area contributed by atoms with Gasteiger partial charge in [-0.2, -0.15) is 5.06 Å². The first kappa shape index (κ1) is 13.5. The van der Waals surface area contributed by atoms with Crippen LogP contribution in [-0.2, 0) is 9.63 Å². The summed E-state index contributed by atoms with van der Waals surface area (Å²) in [5, 5.41) is 2.05. The van der Waals surface area contributed by atoms with Gasteiger partial charge in [-0.25, -0.2) is 0 Å². The third kappa shape index (κ3) is 2.38. The standard InChI is InChI=1S/C12H24N2O2/c1-11(2)7-10(13(5)9-15)8-12(3,4)14(11)16-6/h9-10H,7-8H2,1-6H3. The van der Waals surface area contributed by atoms with Crippen LogP contribution in [0.2, 0.25) is 0 Å². The highest BCUT2D eigenvalue weighted by Gasteiger charge is 2.46. The van der Waals surface area contributed by atoms with Gasteiger partial charge in [-0.15, -0.1) is 0 Å². The second kappa shape index (κ2) is 4.34. The van der Waals surface area contributed by atoms with Crippen LogP contribution in [0.5, 0.6) is 0 Å². The van der Waals surface area contributed by atoms with E-state index in [-0.39, 0.29) is 17.1 Å². The smallest absolute Gasteiger partial charge is 0.209 e. The van der Waals surface area contributed by atoms with E-state index in [1.165, 1.54) is 0 Å². The number of piperidine rings is 1. The van der Waals surface area contributed by atoms with Crippen LogP contribution in [0.3, 0.4) is 0 Å². The Balaban J connectivity index is 2.93. The third-order valence-corrected chi connectivity index (χ3v) is 3.49. The first-order valence-electron chi connectivity index (χ1n) is 5.76. The number of nitrogens with zero attached hydrogens (tertiary/aromatic N) is 2. The SMILES string of the molecule is CON1C(C)(C)CC(N(C)C=O)CC1(C)C. The van der Waals surface area contributed by atoms with Crippen molar-refractivity contribution in [1.82, 2.24) is 9.96 Å². The predicted molar refractivity (Wildman–Crippen MR) is 63.9 cm³/mol. The molecule has 4 heteroatoms. The van der Waals surface area contributed by atoms with Gasteiger partial charge in [-0.1, -0.05) is 0 Å². The quantitative estimate of drug-likeness (QED) is 0.689. The Hall–Kier alpha value is -0.610. The zero-order valence-electron chi connectivity index (χ0n) is 11.3. The Labute approximate surface area is 98.5 Å². The van der Waals surface area contributed by atoms with Gasteiger partial charge in [0, 0.05) is 24.2 Å². The average Bonchev–Trinajstić information content (AvgIpc) is 2.13. The first-order valence-corrected chi connectivity index (χ1v) is 5.76. The van der Waals surface area contributed by atoms with Gasteiger partial charge in [0.1, 0.15) is 0 Å². The molecule has 94 valence electrons. The van der Waals surface area contributed by atoms with Crippen molar-refractivity contribution in [2.24, 2.45) is 0 Å². The van der Waals surface area contributed by atoms with E-state index in [0.717, 1.165) is 19.3 Å². The Morgan fingerprint density at radius 3 is 2.00 bits per heavy atom. The number of hydroxylamine groups is 2. The number of carbonyl (C=O) groups excluding carboxylic acids is 1. The van der Waals surface area contributed by atoms with Gasteiger partial charge in [0.2, 0.25) is 6.41 Å². The number of carbonyl (C=O) groups is 1. The lowest BCUT2D eigenvalue weighted by atomic mass is 9.78. The number of rotatable bonds is 3. The molecule has 1 rings (SSSR count). The molecule has 0 aromatic carbocycles. The van der Waals surface area contributed by atoms with E-state index in [1.54, 1.807) is 12.0 Å². The largest absolute Gasteiger partial charge is 0.345 e. The summed E-state index contributed by atoms with van der Waals surface area (Å²) < 4.78 is 0. The zero-order valence-corrected chi connectivity index (χ0v) is 11.3. The van der Waals surface area contributed by atoms with Crippen LogP contribution in [0.1, 0.15) is 40.5 Å². The van der Waals surface area contributed by atoms with Crippen LogP contribution < -0.4 is 0 Å². The summed E-state index contributed by atoms with van der Waals surface area (Å²) in [6.45, 7) is 8.62. The molecule has 0 radical (unpaired) electrons. The lowest BCUT2D eigenvalue weighted by Gasteiger charge is -2.54. The fourth-order valence-corrected chi connectivity index (χ4v) is 3.08. The van der Waals surface area contributed by atoms with Crippen LogP contribution in [0, 0.1) is 0 Å². The molecule has 1 aliphatic rings. The van der Waals surface area contributed by atoms with Crippen molar-refractivity contribution in [2.45, 2.75) is 57.7 Å². The molecule has 0 bridgehead atoms. The van der Waals surface area contributed by atoms with Gasteiger partial charge >= 0.3 is 0 Å². The second-order valence-corrected chi connectivity index (χ2v) is 5.93. The minimum absolute atomic E-state index is 0.0571. The van der Waals surface area contributed by atoms with Crippen molar-refractivity contribution in [1.29, 1.82) is 0 Å². The average molecular weight is 228 g/mol. The highest BCUT2D eigenvalue weighted by Crippen LogP contribution is 2.39. The van der Waals surface area contributed by atoms with Gasteiger partial charge in [0.15, 0.2) is 0 Å². The fourth-order valence-electron chi connectivity index (χ4n) is 3.08. The van der Waals surface area contributed by atoms with Crippen LogP contribution in [0.15, 0.2) is 0 Å². The molecule has 0 aromatic rings. The van der Waals surface area contributed by atoms with Crippen LogP contribution in [-0.4, -0.2) is 47.7 Å².